The lowest BCUT2D eigenvalue weighted by molar-refractivity contribution is -0.173. The van der Waals surface area contributed by atoms with E-state index < -0.39 is 23.4 Å². The van der Waals surface area contributed by atoms with Gasteiger partial charge in [-0.3, -0.25) is 9.59 Å². The summed E-state index contributed by atoms with van der Waals surface area (Å²) in [5.74, 6) is -2.08. The van der Waals surface area contributed by atoms with Crippen LogP contribution in [0, 0.1) is 5.41 Å². The highest BCUT2D eigenvalue weighted by molar-refractivity contribution is 5.99. The lowest BCUT2D eigenvalue weighted by Crippen LogP contribution is -2.50. The first-order valence-corrected chi connectivity index (χ1v) is 6.88. The number of amides is 1. The molecule has 0 bridgehead atoms. The number of carbonyl (C=O) groups is 3. The molecule has 7 heteroatoms. The minimum absolute atomic E-state index is 0.00205. The van der Waals surface area contributed by atoms with Gasteiger partial charge >= 0.3 is 18.0 Å². The average molecular weight is 307 g/mol. The molecule has 0 saturated carbocycles. The van der Waals surface area contributed by atoms with E-state index in [-0.39, 0.29) is 32.5 Å². The monoisotopic (exact) mass is 307 g/mol. The van der Waals surface area contributed by atoms with Crippen LogP contribution in [-0.2, 0) is 20.9 Å². The molecular formula is C15H17NO6. The second-order valence-corrected chi connectivity index (χ2v) is 5.22. The number of carbonyl (C=O) groups excluding carboxylic acids is 1. The fraction of sp³-hybridized carbons (Fsp3) is 0.400. The molecule has 0 aliphatic carbocycles. The highest BCUT2D eigenvalue weighted by Crippen LogP contribution is 2.33. The Morgan fingerprint density at radius 2 is 1.68 bits per heavy atom. The largest absolute Gasteiger partial charge is 0.480 e. The Labute approximate surface area is 127 Å². The van der Waals surface area contributed by atoms with Gasteiger partial charge in [0.1, 0.15) is 6.61 Å². The average Bonchev–Trinajstić information content (AvgIpc) is 2.53. The highest BCUT2D eigenvalue weighted by Gasteiger charge is 2.50. The number of aliphatic carboxylic acids is 1. The number of benzene rings is 1. The van der Waals surface area contributed by atoms with Crippen molar-refractivity contribution in [3.05, 3.63) is 35.9 Å². The normalized spacial score (nSPS) is 16.8. The Hall–Kier alpha value is -2.57. The predicted molar refractivity (Wildman–Crippen MR) is 75.1 cm³/mol. The lowest BCUT2D eigenvalue weighted by Gasteiger charge is -2.35. The SMILES string of the molecule is O=C(O)N1CCC(C(=O)O)(C(=O)OCc2ccccc2)CC1. The van der Waals surface area contributed by atoms with E-state index in [1.807, 2.05) is 6.07 Å². The number of rotatable bonds is 4. The Balaban J connectivity index is 2.03. The molecular weight excluding hydrogens is 290 g/mol. The smallest absolute Gasteiger partial charge is 0.407 e. The molecule has 22 heavy (non-hydrogen) atoms. The van der Waals surface area contributed by atoms with Gasteiger partial charge in [-0.2, -0.15) is 0 Å². The maximum atomic E-state index is 12.2. The summed E-state index contributed by atoms with van der Waals surface area (Å²) in [6.07, 6.45) is -1.28. The van der Waals surface area contributed by atoms with Gasteiger partial charge in [-0.05, 0) is 18.4 Å². The van der Waals surface area contributed by atoms with Crippen LogP contribution in [0.2, 0.25) is 0 Å². The molecule has 1 fully saturated rings. The molecule has 1 aliphatic rings. The van der Waals surface area contributed by atoms with Crippen molar-refractivity contribution < 1.29 is 29.3 Å². The highest BCUT2D eigenvalue weighted by atomic mass is 16.5. The van der Waals surface area contributed by atoms with Gasteiger partial charge in [0.25, 0.3) is 0 Å². The van der Waals surface area contributed by atoms with Crippen molar-refractivity contribution in [3.63, 3.8) is 0 Å². The Morgan fingerprint density at radius 1 is 1.09 bits per heavy atom. The van der Waals surface area contributed by atoms with E-state index in [1.165, 1.54) is 0 Å². The standard InChI is InChI=1S/C15H17NO6/c17-12(18)15(6-8-16(9-7-15)14(20)21)13(19)22-10-11-4-2-1-3-5-11/h1-5H,6-10H2,(H,17,18)(H,20,21). The molecule has 1 aliphatic heterocycles. The van der Waals surface area contributed by atoms with Gasteiger partial charge < -0.3 is 19.8 Å². The van der Waals surface area contributed by atoms with Crippen molar-refractivity contribution in [2.24, 2.45) is 5.41 Å². The van der Waals surface area contributed by atoms with Gasteiger partial charge in [0, 0.05) is 13.1 Å². The number of likely N-dealkylation sites (tertiary alicyclic amines) is 1. The molecule has 0 unspecified atom stereocenters. The summed E-state index contributed by atoms with van der Waals surface area (Å²) < 4.78 is 5.14. The van der Waals surface area contributed by atoms with Crippen molar-refractivity contribution in [3.8, 4) is 0 Å². The Kier molecular flexibility index (Phi) is 4.65. The molecule has 1 saturated heterocycles. The molecule has 1 aromatic rings. The van der Waals surface area contributed by atoms with Gasteiger partial charge in [-0.25, -0.2) is 4.79 Å². The zero-order valence-corrected chi connectivity index (χ0v) is 11.9. The number of carboxylic acids is 1. The van der Waals surface area contributed by atoms with E-state index in [9.17, 15) is 19.5 Å². The first-order chi connectivity index (χ1) is 10.5. The minimum atomic E-state index is -1.67. The van der Waals surface area contributed by atoms with Crippen LogP contribution in [-0.4, -0.2) is 46.2 Å². The summed E-state index contributed by atoms with van der Waals surface area (Å²) in [7, 11) is 0. The molecule has 1 aromatic carbocycles. The van der Waals surface area contributed by atoms with E-state index >= 15 is 0 Å². The van der Waals surface area contributed by atoms with Gasteiger partial charge in [0.2, 0.25) is 0 Å². The molecule has 118 valence electrons. The fourth-order valence-corrected chi connectivity index (χ4v) is 2.45. The lowest BCUT2D eigenvalue weighted by atomic mass is 9.78. The minimum Gasteiger partial charge on any atom is -0.480 e. The summed E-state index contributed by atoms with van der Waals surface area (Å²) in [5.41, 5.74) is -0.903. The van der Waals surface area contributed by atoms with Crippen LogP contribution in [0.15, 0.2) is 30.3 Å². The number of esters is 1. The zero-order valence-electron chi connectivity index (χ0n) is 11.9. The van der Waals surface area contributed by atoms with Crippen LogP contribution < -0.4 is 0 Å². The third-order valence-electron chi connectivity index (χ3n) is 3.90. The zero-order chi connectivity index (χ0) is 16.2. The summed E-state index contributed by atoms with van der Waals surface area (Å²) in [4.78, 5) is 35.8. The van der Waals surface area contributed by atoms with E-state index in [0.29, 0.717) is 0 Å². The summed E-state index contributed by atoms with van der Waals surface area (Å²) in [5, 5.41) is 18.3. The third kappa shape index (κ3) is 3.19. The maximum absolute atomic E-state index is 12.2. The van der Waals surface area contributed by atoms with Crippen LogP contribution >= 0.6 is 0 Å². The molecule has 1 amide bonds. The number of hydrogen-bond donors (Lipinski definition) is 2. The summed E-state index contributed by atoms with van der Waals surface area (Å²) >= 11 is 0. The molecule has 0 radical (unpaired) electrons. The maximum Gasteiger partial charge on any atom is 0.407 e. The number of ether oxygens (including phenoxy) is 1. The first kappa shape index (κ1) is 15.8. The summed E-state index contributed by atoms with van der Waals surface area (Å²) in [6.45, 7) is 0.00148. The van der Waals surface area contributed by atoms with Crippen LogP contribution in [0.4, 0.5) is 4.79 Å². The van der Waals surface area contributed by atoms with Gasteiger partial charge in [-0.15, -0.1) is 0 Å². The number of nitrogens with zero attached hydrogens (tertiary/aromatic N) is 1. The van der Waals surface area contributed by atoms with Gasteiger partial charge in [0.15, 0.2) is 5.41 Å². The van der Waals surface area contributed by atoms with E-state index in [2.05, 4.69) is 0 Å². The van der Waals surface area contributed by atoms with Crippen molar-refractivity contribution >= 4 is 18.0 Å². The van der Waals surface area contributed by atoms with Gasteiger partial charge in [0.05, 0.1) is 0 Å². The fourth-order valence-electron chi connectivity index (χ4n) is 2.45. The van der Waals surface area contributed by atoms with E-state index in [4.69, 9.17) is 9.84 Å². The van der Waals surface area contributed by atoms with Crippen molar-refractivity contribution in [2.45, 2.75) is 19.4 Å². The molecule has 0 aromatic heterocycles. The molecule has 1 heterocycles. The van der Waals surface area contributed by atoms with Crippen LogP contribution in [0.3, 0.4) is 0 Å². The number of hydrogen-bond acceptors (Lipinski definition) is 4. The molecule has 2 rings (SSSR count). The Morgan fingerprint density at radius 3 is 2.18 bits per heavy atom. The van der Waals surface area contributed by atoms with Gasteiger partial charge in [-0.1, -0.05) is 30.3 Å². The van der Waals surface area contributed by atoms with Crippen LogP contribution in [0.25, 0.3) is 0 Å². The Bertz CT molecular complexity index is 563. The third-order valence-corrected chi connectivity index (χ3v) is 3.90. The summed E-state index contributed by atoms with van der Waals surface area (Å²) in [6, 6.07) is 8.95. The number of carboxylic acid groups (broad SMARTS) is 2. The van der Waals surface area contributed by atoms with Crippen molar-refractivity contribution in [1.29, 1.82) is 0 Å². The van der Waals surface area contributed by atoms with Crippen molar-refractivity contribution in [1.82, 2.24) is 4.90 Å². The predicted octanol–water partition coefficient (Wildman–Crippen LogP) is 1.57. The molecule has 7 nitrogen and oxygen atoms in total. The quantitative estimate of drug-likeness (QED) is 0.646. The van der Waals surface area contributed by atoms with E-state index in [1.54, 1.807) is 24.3 Å². The van der Waals surface area contributed by atoms with Crippen LogP contribution in [0.1, 0.15) is 18.4 Å². The number of piperidine rings is 1. The molecule has 0 spiro atoms. The van der Waals surface area contributed by atoms with Crippen LogP contribution in [0.5, 0.6) is 0 Å². The topological polar surface area (TPSA) is 104 Å². The van der Waals surface area contributed by atoms with Crippen molar-refractivity contribution in [2.75, 3.05) is 13.1 Å². The second-order valence-electron chi connectivity index (χ2n) is 5.22. The molecule has 0 atom stereocenters. The second kappa shape index (κ2) is 6.46. The van der Waals surface area contributed by atoms with E-state index in [0.717, 1.165) is 10.5 Å². The molecule has 2 N–H and O–H groups in total. The first-order valence-electron chi connectivity index (χ1n) is 6.88.